The van der Waals surface area contributed by atoms with Crippen LogP contribution in [0.4, 0.5) is 5.95 Å². The Bertz CT molecular complexity index is 346. The molecule has 1 saturated heterocycles. The van der Waals surface area contributed by atoms with Crippen LogP contribution in [0.25, 0.3) is 0 Å². The van der Waals surface area contributed by atoms with Gasteiger partial charge in [0.15, 0.2) is 0 Å². The van der Waals surface area contributed by atoms with Crippen LogP contribution in [0.5, 0.6) is 0 Å². The standard InChI is InChI=1S/C11H21N5/c1-4-12-11-15-14-10(16(11)5-2)9-6-7-13-8(9)3/h8-9,13H,4-7H2,1-3H3,(H,12,15). The van der Waals surface area contributed by atoms with E-state index >= 15 is 0 Å². The average Bonchev–Trinajstić information content (AvgIpc) is 2.84. The van der Waals surface area contributed by atoms with Crippen LogP contribution < -0.4 is 10.6 Å². The molecule has 2 atom stereocenters. The Kier molecular flexibility index (Phi) is 3.43. The average molecular weight is 223 g/mol. The summed E-state index contributed by atoms with van der Waals surface area (Å²) in [5.74, 6) is 2.52. The Morgan fingerprint density at radius 3 is 2.81 bits per heavy atom. The molecule has 0 saturated carbocycles. The molecule has 1 aliphatic heterocycles. The highest BCUT2D eigenvalue weighted by Gasteiger charge is 2.29. The molecular weight excluding hydrogens is 202 g/mol. The Balaban J connectivity index is 2.26. The zero-order chi connectivity index (χ0) is 11.5. The number of hydrogen-bond acceptors (Lipinski definition) is 4. The Labute approximate surface area is 96.6 Å². The van der Waals surface area contributed by atoms with Crippen LogP contribution >= 0.6 is 0 Å². The fourth-order valence-corrected chi connectivity index (χ4v) is 2.40. The van der Waals surface area contributed by atoms with E-state index in [1.807, 2.05) is 0 Å². The van der Waals surface area contributed by atoms with Crippen LogP contribution in [-0.2, 0) is 6.54 Å². The maximum Gasteiger partial charge on any atom is 0.224 e. The summed E-state index contributed by atoms with van der Waals surface area (Å²) in [5.41, 5.74) is 0. The minimum absolute atomic E-state index is 0.500. The molecule has 2 rings (SSSR count). The van der Waals surface area contributed by atoms with Crippen molar-refractivity contribution in [1.29, 1.82) is 0 Å². The minimum Gasteiger partial charge on any atom is -0.355 e. The van der Waals surface area contributed by atoms with Gasteiger partial charge in [0.1, 0.15) is 5.82 Å². The molecule has 0 amide bonds. The number of nitrogens with zero attached hydrogens (tertiary/aromatic N) is 3. The van der Waals surface area contributed by atoms with E-state index in [-0.39, 0.29) is 0 Å². The molecule has 2 N–H and O–H groups in total. The maximum atomic E-state index is 4.35. The molecule has 0 aliphatic carbocycles. The van der Waals surface area contributed by atoms with Crippen LogP contribution in [0.3, 0.4) is 0 Å². The topological polar surface area (TPSA) is 54.8 Å². The lowest BCUT2D eigenvalue weighted by Gasteiger charge is -2.16. The highest BCUT2D eigenvalue weighted by atomic mass is 15.4. The zero-order valence-electron chi connectivity index (χ0n) is 10.3. The summed E-state index contributed by atoms with van der Waals surface area (Å²) < 4.78 is 2.19. The van der Waals surface area contributed by atoms with Crippen molar-refractivity contribution in [3.63, 3.8) is 0 Å². The van der Waals surface area contributed by atoms with Crippen LogP contribution in [-0.4, -0.2) is 33.9 Å². The van der Waals surface area contributed by atoms with E-state index in [0.29, 0.717) is 12.0 Å². The molecule has 1 fully saturated rings. The normalized spacial score (nSPS) is 24.9. The van der Waals surface area contributed by atoms with E-state index < -0.39 is 0 Å². The Morgan fingerprint density at radius 1 is 1.44 bits per heavy atom. The molecule has 0 radical (unpaired) electrons. The van der Waals surface area contributed by atoms with Gasteiger partial charge in [0.05, 0.1) is 0 Å². The van der Waals surface area contributed by atoms with Gasteiger partial charge in [-0.25, -0.2) is 0 Å². The van der Waals surface area contributed by atoms with E-state index in [1.165, 1.54) is 0 Å². The van der Waals surface area contributed by atoms with Crippen molar-refractivity contribution in [3.05, 3.63) is 5.82 Å². The fourth-order valence-electron chi connectivity index (χ4n) is 2.40. The summed E-state index contributed by atoms with van der Waals surface area (Å²) in [5, 5.41) is 15.3. The summed E-state index contributed by atoms with van der Waals surface area (Å²) >= 11 is 0. The lowest BCUT2D eigenvalue weighted by Crippen LogP contribution is -2.23. The molecule has 2 unspecified atom stereocenters. The molecule has 0 spiro atoms. The molecule has 5 heteroatoms. The van der Waals surface area contributed by atoms with Crippen molar-refractivity contribution in [1.82, 2.24) is 20.1 Å². The lowest BCUT2D eigenvalue weighted by atomic mass is 10.0. The van der Waals surface area contributed by atoms with E-state index in [2.05, 4.69) is 46.2 Å². The maximum absolute atomic E-state index is 4.35. The second-order valence-corrected chi connectivity index (χ2v) is 4.29. The second-order valence-electron chi connectivity index (χ2n) is 4.29. The van der Waals surface area contributed by atoms with E-state index in [4.69, 9.17) is 0 Å². The first-order chi connectivity index (χ1) is 7.77. The Hall–Kier alpha value is -1.10. The predicted octanol–water partition coefficient (Wildman–Crippen LogP) is 1.20. The number of nitrogens with one attached hydrogen (secondary N) is 2. The van der Waals surface area contributed by atoms with E-state index in [9.17, 15) is 0 Å². The third-order valence-corrected chi connectivity index (χ3v) is 3.29. The van der Waals surface area contributed by atoms with Gasteiger partial charge in [-0.05, 0) is 33.7 Å². The van der Waals surface area contributed by atoms with Crippen molar-refractivity contribution < 1.29 is 0 Å². The molecule has 1 aromatic heterocycles. The third kappa shape index (κ3) is 1.91. The van der Waals surface area contributed by atoms with Gasteiger partial charge in [0.25, 0.3) is 0 Å². The van der Waals surface area contributed by atoms with E-state index in [1.54, 1.807) is 0 Å². The van der Waals surface area contributed by atoms with Crippen LogP contribution in [0.1, 0.15) is 38.9 Å². The third-order valence-electron chi connectivity index (χ3n) is 3.29. The van der Waals surface area contributed by atoms with Crippen molar-refractivity contribution in [2.75, 3.05) is 18.4 Å². The van der Waals surface area contributed by atoms with Crippen molar-refractivity contribution >= 4 is 5.95 Å². The zero-order valence-corrected chi connectivity index (χ0v) is 10.3. The van der Waals surface area contributed by atoms with Gasteiger partial charge < -0.3 is 10.6 Å². The molecular formula is C11H21N5. The van der Waals surface area contributed by atoms with Gasteiger partial charge in [-0.2, -0.15) is 0 Å². The highest BCUT2D eigenvalue weighted by Crippen LogP contribution is 2.27. The largest absolute Gasteiger partial charge is 0.355 e. The number of anilines is 1. The summed E-state index contributed by atoms with van der Waals surface area (Å²) in [4.78, 5) is 0. The molecule has 16 heavy (non-hydrogen) atoms. The highest BCUT2D eigenvalue weighted by molar-refractivity contribution is 5.27. The van der Waals surface area contributed by atoms with Gasteiger partial charge >= 0.3 is 0 Å². The quantitative estimate of drug-likeness (QED) is 0.805. The summed E-state index contributed by atoms with van der Waals surface area (Å²) in [7, 11) is 0. The molecule has 0 aromatic carbocycles. The smallest absolute Gasteiger partial charge is 0.224 e. The van der Waals surface area contributed by atoms with Crippen LogP contribution in [0.15, 0.2) is 0 Å². The first-order valence-corrected chi connectivity index (χ1v) is 6.18. The SMILES string of the molecule is CCNc1nnc(C2CCNC2C)n1CC. The fraction of sp³-hybridized carbons (Fsp3) is 0.818. The molecule has 1 aliphatic rings. The van der Waals surface area contributed by atoms with Gasteiger partial charge in [-0.3, -0.25) is 4.57 Å². The van der Waals surface area contributed by atoms with Gasteiger partial charge in [0.2, 0.25) is 5.95 Å². The number of hydrogen-bond donors (Lipinski definition) is 2. The molecule has 90 valence electrons. The van der Waals surface area contributed by atoms with Crippen molar-refractivity contribution in [3.8, 4) is 0 Å². The van der Waals surface area contributed by atoms with Crippen molar-refractivity contribution in [2.24, 2.45) is 0 Å². The first-order valence-electron chi connectivity index (χ1n) is 6.18. The minimum atomic E-state index is 0.500. The predicted molar refractivity (Wildman–Crippen MR) is 64.7 cm³/mol. The molecule has 2 heterocycles. The Morgan fingerprint density at radius 2 is 2.25 bits per heavy atom. The molecule has 1 aromatic rings. The monoisotopic (exact) mass is 223 g/mol. The van der Waals surface area contributed by atoms with Crippen LogP contribution in [0, 0.1) is 0 Å². The second kappa shape index (κ2) is 4.82. The summed E-state index contributed by atoms with van der Waals surface area (Å²) in [6.07, 6.45) is 1.16. The van der Waals surface area contributed by atoms with Gasteiger partial charge in [0, 0.05) is 25.0 Å². The molecule has 5 nitrogen and oxygen atoms in total. The van der Waals surface area contributed by atoms with Gasteiger partial charge in [-0.15, -0.1) is 10.2 Å². The van der Waals surface area contributed by atoms with Gasteiger partial charge in [-0.1, -0.05) is 0 Å². The van der Waals surface area contributed by atoms with Crippen molar-refractivity contribution in [2.45, 2.75) is 45.7 Å². The summed E-state index contributed by atoms with van der Waals surface area (Å²) in [6.45, 7) is 9.33. The summed E-state index contributed by atoms with van der Waals surface area (Å²) in [6, 6.07) is 0.504. The van der Waals surface area contributed by atoms with Crippen LogP contribution in [0.2, 0.25) is 0 Å². The number of aromatic nitrogens is 3. The first kappa shape index (κ1) is 11.4. The lowest BCUT2D eigenvalue weighted by molar-refractivity contribution is 0.537. The van der Waals surface area contributed by atoms with E-state index in [0.717, 1.165) is 37.8 Å². The molecule has 0 bridgehead atoms. The number of rotatable bonds is 4.